The lowest BCUT2D eigenvalue weighted by atomic mass is 9.96. The van der Waals surface area contributed by atoms with Crippen molar-refractivity contribution in [1.82, 2.24) is 0 Å². The average Bonchev–Trinajstić information content (AvgIpc) is 3.09. The van der Waals surface area contributed by atoms with E-state index >= 15 is 0 Å². The molecule has 1 aromatic rings. The van der Waals surface area contributed by atoms with E-state index in [0.717, 1.165) is 5.56 Å². The van der Waals surface area contributed by atoms with Crippen LogP contribution >= 0.6 is 0 Å². The van der Waals surface area contributed by atoms with Gasteiger partial charge < -0.3 is 14.6 Å². The molecule has 1 aliphatic carbocycles. The molecule has 2 rings (SSSR count). The summed E-state index contributed by atoms with van der Waals surface area (Å²) in [5.41, 5.74) is 0.0946. The van der Waals surface area contributed by atoms with Crippen LogP contribution in [0, 0.1) is 0 Å². The van der Waals surface area contributed by atoms with Gasteiger partial charge in [-0.15, -0.1) is 0 Å². The Balaban J connectivity index is 2.40. The first-order valence-electron chi connectivity index (χ1n) is 5.10. The second-order valence-electron chi connectivity index (χ2n) is 3.96. The summed E-state index contributed by atoms with van der Waals surface area (Å²) in [6, 6.07) is 5.29. The Kier molecular flexibility index (Phi) is 2.50. The normalized spacial score (nSPS) is 16.6. The van der Waals surface area contributed by atoms with E-state index in [2.05, 4.69) is 0 Å². The molecule has 0 bridgehead atoms. The fourth-order valence-electron chi connectivity index (χ4n) is 1.88. The number of aliphatic carboxylic acids is 1. The van der Waals surface area contributed by atoms with Gasteiger partial charge in [-0.3, -0.25) is 4.79 Å². The fraction of sp³-hybridized carbons (Fsp3) is 0.417. The highest BCUT2D eigenvalue weighted by Gasteiger charge is 2.51. The number of ether oxygens (including phenoxy) is 2. The molecule has 0 unspecified atom stereocenters. The molecule has 16 heavy (non-hydrogen) atoms. The lowest BCUT2D eigenvalue weighted by Gasteiger charge is -2.13. The number of carbonyl (C=O) groups is 1. The maximum atomic E-state index is 11.2. The Hall–Kier alpha value is -1.71. The summed E-state index contributed by atoms with van der Waals surface area (Å²) in [7, 11) is 3.10. The number of benzene rings is 1. The predicted molar refractivity (Wildman–Crippen MR) is 58.1 cm³/mol. The SMILES string of the molecule is COc1ccc(C2(C(=O)O)CC2)cc1OC. The molecule has 86 valence electrons. The summed E-state index contributed by atoms with van der Waals surface area (Å²) in [5, 5.41) is 9.18. The van der Waals surface area contributed by atoms with Gasteiger partial charge in [0, 0.05) is 0 Å². The Morgan fingerprint density at radius 3 is 2.31 bits per heavy atom. The minimum Gasteiger partial charge on any atom is -0.493 e. The first kappa shape index (κ1) is 10.8. The Morgan fingerprint density at radius 1 is 1.25 bits per heavy atom. The minimum absolute atomic E-state index is 0.576. The Labute approximate surface area is 93.8 Å². The van der Waals surface area contributed by atoms with Crippen LogP contribution in [0.15, 0.2) is 18.2 Å². The molecular weight excluding hydrogens is 208 g/mol. The fourth-order valence-corrected chi connectivity index (χ4v) is 1.88. The summed E-state index contributed by atoms with van der Waals surface area (Å²) < 4.78 is 10.3. The first-order chi connectivity index (χ1) is 7.64. The monoisotopic (exact) mass is 222 g/mol. The zero-order valence-electron chi connectivity index (χ0n) is 9.32. The number of hydrogen-bond donors (Lipinski definition) is 1. The third-order valence-corrected chi connectivity index (χ3v) is 3.10. The molecule has 0 aromatic heterocycles. The highest BCUT2D eigenvalue weighted by atomic mass is 16.5. The van der Waals surface area contributed by atoms with Crippen LogP contribution in [-0.4, -0.2) is 25.3 Å². The van der Waals surface area contributed by atoms with Gasteiger partial charge in [0.25, 0.3) is 0 Å². The third kappa shape index (κ3) is 1.50. The third-order valence-electron chi connectivity index (χ3n) is 3.10. The number of carboxylic acids is 1. The average molecular weight is 222 g/mol. The van der Waals surface area contributed by atoms with Crippen molar-refractivity contribution in [2.45, 2.75) is 18.3 Å². The van der Waals surface area contributed by atoms with Crippen molar-refractivity contribution in [2.75, 3.05) is 14.2 Å². The van der Waals surface area contributed by atoms with Gasteiger partial charge >= 0.3 is 5.97 Å². The van der Waals surface area contributed by atoms with Gasteiger partial charge in [-0.25, -0.2) is 0 Å². The van der Waals surface area contributed by atoms with Crippen molar-refractivity contribution in [3.63, 3.8) is 0 Å². The lowest BCUT2D eigenvalue weighted by molar-refractivity contribution is -0.140. The van der Waals surface area contributed by atoms with Gasteiger partial charge in [-0.1, -0.05) is 6.07 Å². The van der Waals surface area contributed by atoms with Gasteiger partial charge in [-0.05, 0) is 30.5 Å². The van der Waals surface area contributed by atoms with E-state index in [1.807, 2.05) is 0 Å². The standard InChI is InChI=1S/C12H14O4/c1-15-9-4-3-8(7-10(9)16-2)12(5-6-12)11(13)14/h3-4,7H,5-6H2,1-2H3,(H,13,14). The van der Waals surface area contributed by atoms with Crippen LogP contribution in [0.3, 0.4) is 0 Å². The van der Waals surface area contributed by atoms with E-state index in [1.165, 1.54) is 0 Å². The number of hydrogen-bond acceptors (Lipinski definition) is 3. The van der Waals surface area contributed by atoms with E-state index in [1.54, 1.807) is 32.4 Å². The van der Waals surface area contributed by atoms with Crippen LogP contribution in [0.2, 0.25) is 0 Å². The highest BCUT2D eigenvalue weighted by Crippen LogP contribution is 2.49. The van der Waals surface area contributed by atoms with E-state index in [0.29, 0.717) is 24.3 Å². The van der Waals surface area contributed by atoms with Crippen LogP contribution in [-0.2, 0) is 10.2 Å². The van der Waals surface area contributed by atoms with Crippen molar-refractivity contribution >= 4 is 5.97 Å². The second-order valence-corrected chi connectivity index (χ2v) is 3.96. The molecule has 0 spiro atoms. The van der Waals surface area contributed by atoms with E-state index in [4.69, 9.17) is 9.47 Å². The molecule has 1 aliphatic rings. The van der Waals surface area contributed by atoms with Crippen LogP contribution < -0.4 is 9.47 Å². The second kappa shape index (κ2) is 3.70. The van der Waals surface area contributed by atoms with Crippen molar-refractivity contribution in [3.8, 4) is 11.5 Å². The van der Waals surface area contributed by atoms with Gasteiger partial charge in [0.2, 0.25) is 0 Å². The smallest absolute Gasteiger partial charge is 0.314 e. The minimum atomic E-state index is -0.764. The topological polar surface area (TPSA) is 55.8 Å². The number of carboxylic acid groups (broad SMARTS) is 1. The van der Waals surface area contributed by atoms with Crippen LogP contribution in [0.4, 0.5) is 0 Å². The summed E-state index contributed by atoms with van der Waals surface area (Å²) >= 11 is 0. The van der Waals surface area contributed by atoms with Crippen LogP contribution in [0.1, 0.15) is 18.4 Å². The summed E-state index contributed by atoms with van der Waals surface area (Å²) in [5.74, 6) is 0.430. The molecule has 0 atom stereocenters. The molecule has 0 aliphatic heterocycles. The van der Waals surface area contributed by atoms with Crippen LogP contribution in [0.25, 0.3) is 0 Å². The molecule has 0 heterocycles. The van der Waals surface area contributed by atoms with Crippen molar-refractivity contribution in [3.05, 3.63) is 23.8 Å². The van der Waals surface area contributed by atoms with Crippen molar-refractivity contribution in [2.24, 2.45) is 0 Å². The quantitative estimate of drug-likeness (QED) is 0.844. The predicted octanol–water partition coefficient (Wildman–Crippen LogP) is 1.82. The van der Waals surface area contributed by atoms with Gasteiger partial charge in [0.15, 0.2) is 11.5 Å². The first-order valence-corrected chi connectivity index (χ1v) is 5.10. The van der Waals surface area contributed by atoms with Gasteiger partial charge in [-0.2, -0.15) is 0 Å². The van der Waals surface area contributed by atoms with Crippen molar-refractivity contribution < 1.29 is 19.4 Å². The van der Waals surface area contributed by atoms with E-state index in [9.17, 15) is 9.90 Å². The zero-order valence-corrected chi connectivity index (χ0v) is 9.32. The van der Waals surface area contributed by atoms with E-state index in [-0.39, 0.29) is 0 Å². The summed E-state index contributed by atoms with van der Waals surface area (Å²) in [6.45, 7) is 0. The molecule has 1 aromatic carbocycles. The van der Waals surface area contributed by atoms with Gasteiger partial charge in [0.05, 0.1) is 19.6 Å². The Bertz CT molecular complexity index is 421. The maximum absolute atomic E-state index is 11.2. The molecule has 1 saturated carbocycles. The highest BCUT2D eigenvalue weighted by molar-refractivity contribution is 5.85. The summed E-state index contributed by atoms with van der Waals surface area (Å²) in [4.78, 5) is 11.2. The molecule has 0 saturated heterocycles. The lowest BCUT2D eigenvalue weighted by Crippen LogP contribution is -2.19. The molecule has 4 heteroatoms. The Morgan fingerprint density at radius 2 is 1.88 bits per heavy atom. The van der Waals surface area contributed by atoms with Gasteiger partial charge in [0.1, 0.15) is 0 Å². The number of methoxy groups -OCH3 is 2. The maximum Gasteiger partial charge on any atom is 0.314 e. The zero-order chi connectivity index (χ0) is 11.8. The van der Waals surface area contributed by atoms with Crippen LogP contribution in [0.5, 0.6) is 11.5 Å². The summed E-state index contributed by atoms with van der Waals surface area (Å²) in [6.07, 6.45) is 1.38. The molecule has 0 radical (unpaired) electrons. The molecule has 1 N–H and O–H groups in total. The van der Waals surface area contributed by atoms with E-state index < -0.39 is 11.4 Å². The van der Waals surface area contributed by atoms with Crippen molar-refractivity contribution in [1.29, 1.82) is 0 Å². The number of rotatable bonds is 4. The molecule has 4 nitrogen and oxygen atoms in total. The molecule has 0 amide bonds. The molecule has 1 fully saturated rings. The molecular formula is C12H14O4. The largest absolute Gasteiger partial charge is 0.493 e.